The van der Waals surface area contributed by atoms with Gasteiger partial charge in [-0.1, -0.05) is 58.0 Å². The molecule has 1 aromatic rings. The van der Waals surface area contributed by atoms with Gasteiger partial charge < -0.3 is 65.8 Å². The molecule has 0 saturated carbocycles. The van der Waals surface area contributed by atoms with Crippen LogP contribution in [0.4, 0.5) is 0 Å². The minimum atomic E-state index is -2.24. The predicted molar refractivity (Wildman–Crippen MR) is 301 cm³/mol. The van der Waals surface area contributed by atoms with Gasteiger partial charge >= 0.3 is 0 Å². The van der Waals surface area contributed by atoms with E-state index in [1.807, 2.05) is 27.7 Å². The molecule has 0 spiro atoms. The molecule has 6 N–H and O–H groups in total. The van der Waals surface area contributed by atoms with E-state index >= 15 is 0 Å². The van der Waals surface area contributed by atoms with Gasteiger partial charge in [0, 0.05) is 74.8 Å². The second-order valence-electron chi connectivity index (χ2n) is 23.8. The Hall–Kier alpha value is -6.20. The number of carbonyl (C=O) groups is 10. The number of likely N-dealkylation sites (N-methyl/N-ethyl adjacent to an activating group) is 5. The lowest BCUT2D eigenvalue weighted by molar-refractivity contribution is -0.157. The third-order valence-corrected chi connectivity index (χ3v) is 15.1. The van der Waals surface area contributed by atoms with Crippen LogP contribution < -0.4 is 21.7 Å². The second-order valence-corrected chi connectivity index (χ2v) is 23.8. The molecule has 0 aliphatic carbocycles. The summed E-state index contributed by atoms with van der Waals surface area (Å²) in [5, 5.41) is 19.3. The first-order valence-corrected chi connectivity index (χ1v) is 28.0. The molecule has 2 fully saturated rings. The van der Waals surface area contributed by atoms with Crippen LogP contribution in [-0.2, 0) is 59.1 Å². The lowest BCUT2D eigenvalue weighted by Crippen LogP contribution is -2.69. The third-order valence-electron chi connectivity index (χ3n) is 15.1. The van der Waals surface area contributed by atoms with Crippen LogP contribution >= 0.6 is 0 Å². The Morgan fingerprint density at radius 2 is 1.23 bits per heavy atom. The molecular formula is C57H95N11O12. The topological polar surface area (TPSA) is 285 Å². The van der Waals surface area contributed by atoms with Crippen molar-refractivity contribution in [3.05, 3.63) is 35.9 Å². The zero-order chi connectivity index (χ0) is 60.7. The SMILES string of the molecule is CC(C)C[C@H]1C(=O)N[C@@H]([C@@H](C)O)C(=O)N(C)[C@](C)(N)C(=O)N(C)[C@@H](CC(C)C)C(=O)N[C@@H](COC(C)(C)C)C(=O)N[C@H](C(=O)N2CCCCC2)CC(=O)N(C)CCCC(=O)N(C)[C@@H](C)C(=O)N(C)[C@@H](Cc2ccccc2)C(=O)N1C. The number of rotatable bonds is 10. The summed E-state index contributed by atoms with van der Waals surface area (Å²) < 4.78 is 6.03. The number of nitrogens with two attached hydrogens (primary N) is 1. The summed E-state index contributed by atoms with van der Waals surface area (Å²) in [6.07, 6.45) is 0.504. The van der Waals surface area contributed by atoms with E-state index in [1.54, 1.807) is 56.0 Å². The first-order valence-electron chi connectivity index (χ1n) is 28.0. The zero-order valence-electron chi connectivity index (χ0n) is 50.5. The van der Waals surface area contributed by atoms with Crippen LogP contribution in [0.2, 0.25) is 0 Å². The number of likely N-dealkylation sites (tertiary alicyclic amines) is 1. The van der Waals surface area contributed by atoms with Gasteiger partial charge in [-0.15, -0.1) is 0 Å². The van der Waals surface area contributed by atoms with Crippen LogP contribution in [0.25, 0.3) is 0 Å². The molecule has 3 rings (SSSR count). The van der Waals surface area contributed by atoms with Gasteiger partial charge in [0.1, 0.15) is 42.3 Å². The van der Waals surface area contributed by atoms with Crippen molar-refractivity contribution in [3.63, 3.8) is 0 Å². The normalized spacial score (nSPS) is 26.9. The third kappa shape index (κ3) is 19.0. The van der Waals surface area contributed by atoms with Gasteiger partial charge in [-0.3, -0.25) is 47.9 Å². The van der Waals surface area contributed by atoms with Gasteiger partial charge in [-0.05, 0) is 97.5 Å². The molecule has 1 aromatic carbocycles. The van der Waals surface area contributed by atoms with E-state index < -0.39 is 125 Å². The van der Waals surface area contributed by atoms with E-state index in [0.717, 1.165) is 29.1 Å². The average molecular weight is 1130 g/mol. The molecular weight excluding hydrogens is 1030 g/mol. The molecule has 0 bridgehead atoms. The Bertz CT molecular complexity index is 2320. The summed E-state index contributed by atoms with van der Waals surface area (Å²) in [6.45, 7) is 17.0. The first-order chi connectivity index (χ1) is 37.1. The molecule has 0 radical (unpaired) electrons. The summed E-state index contributed by atoms with van der Waals surface area (Å²) in [6, 6.07) is -0.479. The number of ether oxygens (including phenoxy) is 1. The quantitative estimate of drug-likeness (QED) is 0.220. The van der Waals surface area contributed by atoms with Crippen molar-refractivity contribution in [1.82, 2.24) is 50.2 Å². The summed E-state index contributed by atoms with van der Waals surface area (Å²) in [5.41, 5.74) is 4.39. The smallest absolute Gasteiger partial charge is 0.263 e. The molecule has 2 saturated heterocycles. The molecule has 450 valence electrons. The summed E-state index contributed by atoms with van der Waals surface area (Å²) >= 11 is 0. The molecule has 23 nitrogen and oxygen atoms in total. The number of hydrogen-bond acceptors (Lipinski definition) is 13. The average Bonchev–Trinajstić information content (AvgIpc) is 3.40. The van der Waals surface area contributed by atoms with Crippen molar-refractivity contribution >= 4 is 59.1 Å². The highest BCUT2D eigenvalue weighted by atomic mass is 16.5. The fourth-order valence-corrected chi connectivity index (χ4v) is 9.63. The van der Waals surface area contributed by atoms with E-state index in [0.29, 0.717) is 18.7 Å². The minimum Gasteiger partial charge on any atom is -0.391 e. The molecule has 0 aromatic heterocycles. The van der Waals surface area contributed by atoms with Gasteiger partial charge in [0.15, 0.2) is 5.66 Å². The number of aliphatic hydroxyl groups is 1. The lowest BCUT2D eigenvalue weighted by atomic mass is 9.97. The van der Waals surface area contributed by atoms with E-state index in [2.05, 4.69) is 16.0 Å². The number of piperidine rings is 1. The Balaban J connectivity index is 2.22. The van der Waals surface area contributed by atoms with E-state index in [9.17, 15) is 53.1 Å². The number of aliphatic hydroxyl groups excluding tert-OH is 1. The molecule has 9 atom stereocenters. The van der Waals surface area contributed by atoms with Crippen molar-refractivity contribution < 1.29 is 57.8 Å². The molecule has 23 heteroatoms. The Morgan fingerprint density at radius 3 is 1.76 bits per heavy atom. The Morgan fingerprint density at radius 1 is 0.688 bits per heavy atom. The highest BCUT2D eigenvalue weighted by Gasteiger charge is 2.46. The zero-order valence-corrected chi connectivity index (χ0v) is 50.5. The number of carbonyl (C=O) groups excluding carboxylic acids is 10. The molecule has 0 unspecified atom stereocenters. The Labute approximate surface area is 474 Å². The number of nitrogens with one attached hydrogen (secondary N) is 3. The monoisotopic (exact) mass is 1130 g/mol. The van der Waals surface area contributed by atoms with Crippen LogP contribution in [0, 0.1) is 11.8 Å². The largest absolute Gasteiger partial charge is 0.391 e. The van der Waals surface area contributed by atoms with Crippen molar-refractivity contribution in [3.8, 4) is 0 Å². The number of benzene rings is 1. The van der Waals surface area contributed by atoms with Gasteiger partial charge in [-0.25, -0.2) is 0 Å². The van der Waals surface area contributed by atoms with Crippen molar-refractivity contribution in [2.75, 3.05) is 68.5 Å². The van der Waals surface area contributed by atoms with Crippen molar-refractivity contribution in [1.29, 1.82) is 0 Å². The summed E-state index contributed by atoms with van der Waals surface area (Å²) in [5.74, 6) is -7.47. The van der Waals surface area contributed by atoms with E-state index in [1.165, 1.54) is 82.7 Å². The van der Waals surface area contributed by atoms with Gasteiger partial charge in [0.2, 0.25) is 53.2 Å². The molecule has 2 aliphatic heterocycles. The fourth-order valence-electron chi connectivity index (χ4n) is 9.63. The highest BCUT2D eigenvalue weighted by Crippen LogP contribution is 2.22. The second kappa shape index (κ2) is 30.0. The van der Waals surface area contributed by atoms with Crippen LogP contribution in [0.5, 0.6) is 0 Å². The highest BCUT2D eigenvalue weighted by molar-refractivity contribution is 5.99. The van der Waals surface area contributed by atoms with Gasteiger partial charge in [-0.2, -0.15) is 0 Å². The molecule has 80 heavy (non-hydrogen) atoms. The van der Waals surface area contributed by atoms with Crippen molar-refractivity contribution in [2.24, 2.45) is 17.6 Å². The summed E-state index contributed by atoms with van der Waals surface area (Å²) in [7, 11) is 8.36. The van der Waals surface area contributed by atoms with E-state index in [-0.39, 0.29) is 57.1 Å². The molecule has 2 heterocycles. The molecule has 2 aliphatic rings. The maximum absolute atomic E-state index is 14.9. The number of nitrogens with zero attached hydrogens (tertiary/aromatic N) is 7. The summed E-state index contributed by atoms with van der Waals surface area (Å²) in [4.78, 5) is 153. The molecule has 10 amide bonds. The van der Waals surface area contributed by atoms with Crippen molar-refractivity contribution in [2.45, 2.75) is 187 Å². The minimum absolute atomic E-state index is 0.0181. The van der Waals surface area contributed by atoms with Crippen LogP contribution in [0.3, 0.4) is 0 Å². The van der Waals surface area contributed by atoms with Crippen LogP contribution in [0.15, 0.2) is 30.3 Å². The van der Waals surface area contributed by atoms with Gasteiger partial charge in [0.25, 0.3) is 5.91 Å². The maximum atomic E-state index is 14.9. The fraction of sp³-hybridized carbons (Fsp3) is 0.719. The number of hydrogen-bond donors (Lipinski definition) is 5. The lowest BCUT2D eigenvalue weighted by Gasteiger charge is -2.41. The van der Waals surface area contributed by atoms with Gasteiger partial charge in [0.05, 0.1) is 24.7 Å². The van der Waals surface area contributed by atoms with Crippen LogP contribution in [-0.4, -0.2) is 227 Å². The number of amides is 10. The standard InChI is InChI=1S/C57H95N11O12/c1-35(2)30-42-50(74)61-47(38(6)69)54(78)67(16)57(10,58)55(79)66(15)43(31-36(3)4)49(73)60-41(34-80-56(7,8)9)48(72)59-40(52(76)68-28-21-18-22-29-68)33-46(71)62(11)27-23-26-45(70)63(12)37(5)51(75)65(14)44(53(77)64(42)13)32-39-24-19-17-20-25-39/h17,19-20,24-25,35-38,40-44,47,69H,18,21-23,26-34,58H2,1-16H3,(H,59,72)(H,60,73)(H,61,74)/t37-,38+,40-,41-,42-,43-,44-,47-,57-/m0/s1. The van der Waals surface area contributed by atoms with Crippen LogP contribution in [0.1, 0.15) is 126 Å². The van der Waals surface area contributed by atoms with E-state index in [4.69, 9.17) is 10.5 Å². The first kappa shape index (κ1) is 68.1. The predicted octanol–water partition coefficient (Wildman–Crippen LogP) is 1.09. The maximum Gasteiger partial charge on any atom is 0.263 e. The Kier molecular flexibility index (Phi) is 25.5.